The Morgan fingerprint density at radius 2 is 1.85 bits per heavy atom. The molecule has 0 unspecified atom stereocenters. The van der Waals surface area contributed by atoms with Crippen LogP contribution in [0, 0.1) is 12.7 Å². The molecular formula is C24H21ClFN3O4. The molecule has 0 aliphatic carbocycles. The Kier molecular flexibility index (Phi) is 7.63. The Hall–Kier alpha value is -3.91. The second kappa shape index (κ2) is 10.6. The zero-order valence-electron chi connectivity index (χ0n) is 17.9. The molecule has 33 heavy (non-hydrogen) atoms. The average Bonchev–Trinajstić information content (AvgIpc) is 2.81. The number of anilines is 2. The van der Waals surface area contributed by atoms with Crippen LogP contribution < -0.4 is 14.8 Å². The summed E-state index contributed by atoms with van der Waals surface area (Å²) in [5.74, 6) is 0.711. The van der Waals surface area contributed by atoms with Crippen LogP contribution in [0.3, 0.4) is 0 Å². The van der Waals surface area contributed by atoms with Crippen molar-refractivity contribution in [1.82, 2.24) is 9.97 Å². The fraction of sp³-hybridized carbons (Fsp3) is 0.125. The first-order chi connectivity index (χ1) is 15.5. The van der Waals surface area contributed by atoms with Crippen molar-refractivity contribution in [3.8, 4) is 11.5 Å². The summed E-state index contributed by atoms with van der Waals surface area (Å²) in [4.78, 5) is 20.0. The maximum Gasteiger partial charge on any atom is 0.513 e. The Balaban J connectivity index is 0.00000306. The van der Waals surface area contributed by atoms with Crippen molar-refractivity contribution in [2.75, 3.05) is 12.4 Å². The van der Waals surface area contributed by atoms with Gasteiger partial charge in [0.1, 0.15) is 36.1 Å². The molecule has 0 fully saturated rings. The highest BCUT2D eigenvalue weighted by molar-refractivity contribution is 5.91. The zero-order chi connectivity index (χ0) is 22.5. The standard InChI is InChI=1S/C24H20FN3O4.ClH/c1-15-10-19(25)21(12-22(15)32-24(29)30-2)28-23-18-9-8-17(11-20(18)26-14-27-23)31-13-16-6-4-3-5-7-16;/h3-12,14H,13H2,1-2H3,(H,26,27,28);1H. The Morgan fingerprint density at radius 3 is 2.61 bits per heavy atom. The molecule has 0 bridgehead atoms. The van der Waals surface area contributed by atoms with E-state index in [0.29, 0.717) is 34.6 Å². The number of benzene rings is 3. The van der Waals surface area contributed by atoms with Gasteiger partial charge in [-0.2, -0.15) is 0 Å². The Morgan fingerprint density at radius 1 is 1.06 bits per heavy atom. The largest absolute Gasteiger partial charge is 0.513 e. The smallest absolute Gasteiger partial charge is 0.489 e. The summed E-state index contributed by atoms with van der Waals surface area (Å²) in [6.45, 7) is 2.06. The maximum absolute atomic E-state index is 14.6. The molecule has 0 aliphatic rings. The van der Waals surface area contributed by atoms with E-state index >= 15 is 0 Å². The number of halogens is 2. The summed E-state index contributed by atoms with van der Waals surface area (Å²) in [5, 5.41) is 3.63. The van der Waals surface area contributed by atoms with Crippen molar-refractivity contribution in [2.45, 2.75) is 13.5 Å². The normalized spacial score (nSPS) is 10.3. The van der Waals surface area contributed by atoms with E-state index in [0.717, 1.165) is 5.56 Å². The van der Waals surface area contributed by atoms with Crippen molar-refractivity contribution >= 4 is 41.0 Å². The summed E-state index contributed by atoms with van der Waals surface area (Å²) in [5.41, 5.74) is 2.23. The highest BCUT2D eigenvalue weighted by atomic mass is 35.5. The Labute approximate surface area is 195 Å². The number of methoxy groups -OCH3 is 1. The molecule has 0 aliphatic heterocycles. The molecular weight excluding hydrogens is 449 g/mol. The van der Waals surface area contributed by atoms with Gasteiger partial charge >= 0.3 is 6.16 Å². The summed E-state index contributed by atoms with van der Waals surface area (Å²) >= 11 is 0. The number of rotatable bonds is 6. The Bertz CT molecular complexity index is 1270. The number of ether oxygens (including phenoxy) is 3. The highest BCUT2D eigenvalue weighted by Crippen LogP contribution is 2.31. The molecule has 4 aromatic rings. The van der Waals surface area contributed by atoms with Gasteiger partial charge in [-0.05, 0) is 36.2 Å². The van der Waals surface area contributed by atoms with Gasteiger partial charge in [0.05, 0.1) is 18.3 Å². The predicted octanol–water partition coefficient (Wildman–Crippen LogP) is 5.97. The minimum atomic E-state index is -0.888. The van der Waals surface area contributed by atoms with Gasteiger partial charge in [-0.1, -0.05) is 30.3 Å². The predicted molar refractivity (Wildman–Crippen MR) is 125 cm³/mol. The van der Waals surface area contributed by atoms with Crippen LogP contribution in [0.4, 0.5) is 20.7 Å². The number of hydrogen-bond donors (Lipinski definition) is 1. The van der Waals surface area contributed by atoms with Gasteiger partial charge in [0, 0.05) is 17.5 Å². The molecule has 170 valence electrons. The number of nitrogens with one attached hydrogen (secondary N) is 1. The number of nitrogens with zero attached hydrogens (tertiary/aromatic N) is 2. The summed E-state index contributed by atoms with van der Waals surface area (Å²) in [7, 11) is 1.20. The van der Waals surface area contributed by atoms with Gasteiger partial charge in [-0.25, -0.2) is 19.2 Å². The lowest BCUT2D eigenvalue weighted by Gasteiger charge is -2.13. The van der Waals surface area contributed by atoms with Gasteiger partial charge in [0.2, 0.25) is 0 Å². The second-order valence-electron chi connectivity index (χ2n) is 6.95. The van der Waals surface area contributed by atoms with Crippen molar-refractivity contribution in [1.29, 1.82) is 0 Å². The first-order valence-electron chi connectivity index (χ1n) is 9.78. The van der Waals surface area contributed by atoms with Crippen molar-refractivity contribution < 1.29 is 23.4 Å². The molecule has 1 N–H and O–H groups in total. The number of fused-ring (bicyclic) bond motifs is 1. The van der Waals surface area contributed by atoms with E-state index in [4.69, 9.17) is 9.47 Å². The lowest BCUT2D eigenvalue weighted by atomic mass is 10.1. The van der Waals surface area contributed by atoms with Crippen molar-refractivity contribution in [2.24, 2.45) is 0 Å². The lowest BCUT2D eigenvalue weighted by Crippen LogP contribution is -2.09. The van der Waals surface area contributed by atoms with Gasteiger partial charge in [0.15, 0.2) is 0 Å². The van der Waals surface area contributed by atoms with E-state index in [9.17, 15) is 9.18 Å². The van der Waals surface area contributed by atoms with Crippen molar-refractivity contribution in [3.05, 3.63) is 83.9 Å². The van der Waals surface area contributed by atoms with Gasteiger partial charge in [0.25, 0.3) is 0 Å². The second-order valence-corrected chi connectivity index (χ2v) is 6.95. The molecule has 3 aromatic carbocycles. The van der Waals surface area contributed by atoms with Crippen LogP contribution in [0.5, 0.6) is 11.5 Å². The molecule has 4 rings (SSSR count). The van der Waals surface area contributed by atoms with Crippen LogP contribution in [0.15, 0.2) is 67.0 Å². The van der Waals surface area contributed by atoms with Gasteiger partial charge < -0.3 is 19.5 Å². The summed E-state index contributed by atoms with van der Waals surface area (Å²) in [6, 6.07) is 17.9. The fourth-order valence-electron chi connectivity index (χ4n) is 3.08. The molecule has 0 amide bonds. The molecule has 0 spiro atoms. The number of carbonyl (C=O) groups is 1. The first kappa shape index (κ1) is 23.7. The van der Waals surface area contributed by atoms with Crippen LogP contribution in [0.25, 0.3) is 10.9 Å². The van der Waals surface area contributed by atoms with Gasteiger partial charge in [-0.15, -0.1) is 12.4 Å². The highest BCUT2D eigenvalue weighted by Gasteiger charge is 2.14. The average molecular weight is 470 g/mol. The van der Waals surface area contributed by atoms with E-state index in [1.165, 1.54) is 25.6 Å². The van der Waals surface area contributed by atoms with E-state index in [1.54, 1.807) is 25.1 Å². The molecule has 0 atom stereocenters. The first-order valence-corrected chi connectivity index (χ1v) is 9.78. The molecule has 9 heteroatoms. The monoisotopic (exact) mass is 469 g/mol. The molecule has 7 nitrogen and oxygen atoms in total. The van der Waals surface area contributed by atoms with E-state index in [1.807, 2.05) is 30.3 Å². The van der Waals surface area contributed by atoms with Crippen LogP contribution in [0.2, 0.25) is 0 Å². The minimum absolute atomic E-state index is 0. The number of aromatic nitrogens is 2. The lowest BCUT2D eigenvalue weighted by molar-refractivity contribution is 0.121. The maximum atomic E-state index is 14.6. The third-order valence-corrected chi connectivity index (χ3v) is 4.73. The molecule has 0 saturated heterocycles. The van der Waals surface area contributed by atoms with Gasteiger partial charge in [-0.3, -0.25) is 0 Å². The number of aryl methyl sites for hydroxylation is 1. The minimum Gasteiger partial charge on any atom is -0.489 e. The van der Waals surface area contributed by atoms with Crippen molar-refractivity contribution in [3.63, 3.8) is 0 Å². The van der Waals surface area contributed by atoms with Crippen LogP contribution >= 0.6 is 12.4 Å². The molecule has 1 aromatic heterocycles. The quantitative estimate of drug-likeness (QED) is 0.275. The topological polar surface area (TPSA) is 82.6 Å². The third-order valence-electron chi connectivity index (χ3n) is 4.73. The third kappa shape index (κ3) is 5.67. The van der Waals surface area contributed by atoms with Crippen LogP contribution in [-0.4, -0.2) is 23.2 Å². The fourth-order valence-corrected chi connectivity index (χ4v) is 3.08. The van der Waals surface area contributed by atoms with Crippen LogP contribution in [0.1, 0.15) is 11.1 Å². The SMILES string of the molecule is COC(=O)Oc1cc(Nc2ncnc3cc(OCc4ccccc4)ccc23)c(F)cc1C.Cl. The summed E-state index contributed by atoms with van der Waals surface area (Å²) < 4.78 is 30.0. The number of carbonyl (C=O) groups excluding carboxylic acids is 1. The number of hydrogen-bond acceptors (Lipinski definition) is 7. The molecule has 1 heterocycles. The molecule has 0 saturated carbocycles. The van der Waals surface area contributed by atoms with Crippen LogP contribution in [-0.2, 0) is 11.3 Å². The van der Waals surface area contributed by atoms with E-state index < -0.39 is 12.0 Å². The zero-order valence-corrected chi connectivity index (χ0v) is 18.7. The van der Waals surface area contributed by atoms with E-state index in [-0.39, 0.29) is 23.8 Å². The van der Waals surface area contributed by atoms with E-state index in [2.05, 4.69) is 20.0 Å². The summed E-state index contributed by atoms with van der Waals surface area (Å²) in [6.07, 6.45) is 0.491. The molecule has 0 radical (unpaired) electrons.